The highest BCUT2D eigenvalue weighted by Gasteiger charge is 2.27. The molecule has 12 nitrogen and oxygen atoms in total. The Kier molecular flexibility index (Phi) is 8.59. The lowest BCUT2D eigenvalue weighted by Crippen LogP contribution is -2.55. The van der Waals surface area contributed by atoms with Crippen LogP contribution in [-0.2, 0) is 32.0 Å². The quantitative estimate of drug-likeness (QED) is 0.124. The Hall–Kier alpha value is -4.68. The summed E-state index contributed by atoms with van der Waals surface area (Å²) in [6.45, 7) is -1.26. The van der Waals surface area contributed by atoms with Crippen molar-refractivity contribution in [3.63, 3.8) is 0 Å². The van der Waals surface area contributed by atoms with Gasteiger partial charge in [0.05, 0.1) is 19.2 Å². The maximum absolute atomic E-state index is 12.7. The number of para-hydroxylation sites is 2. The summed E-state index contributed by atoms with van der Waals surface area (Å²) in [6, 6.07) is 11.3. The van der Waals surface area contributed by atoms with Crippen LogP contribution in [0.5, 0.6) is 0 Å². The van der Waals surface area contributed by atoms with Crippen LogP contribution >= 0.6 is 0 Å². The number of carboxylic acids is 1. The summed E-state index contributed by atoms with van der Waals surface area (Å²) < 4.78 is 0. The van der Waals surface area contributed by atoms with Gasteiger partial charge in [-0.25, -0.2) is 4.79 Å². The van der Waals surface area contributed by atoms with Gasteiger partial charge in [0.25, 0.3) is 0 Å². The molecule has 3 atom stereocenters. The highest BCUT2D eigenvalue weighted by Crippen LogP contribution is 2.20. The van der Waals surface area contributed by atoms with E-state index in [0.717, 1.165) is 27.4 Å². The predicted molar refractivity (Wildman–Crippen MR) is 144 cm³/mol. The summed E-state index contributed by atoms with van der Waals surface area (Å²) in [6.07, 6.45) is 3.68. The van der Waals surface area contributed by atoms with Gasteiger partial charge >= 0.3 is 5.97 Å². The lowest BCUT2D eigenvalue weighted by molar-refractivity contribution is -0.142. The second-order valence-electron chi connectivity index (χ2n) is 9.15. The normalized spacial score (nSPS) is 13.5. The van der Waals surface area contributed by atoms with Gasteiger partial charge in [0, 0.05) is 40.6 Å². The SMILES string of the molecule is NC(Cc1c[nH]c2ccccc12)C(=O)NCC(=O)NC(CO)C(=O)NC(Cc1c[nH]c2ccccc12)C(=O)O. The number of aliphatic carboxylic acids is 1. The fourth-order valence-electron chi connectivity index (χ4n) is 4.36. The first-order valence-electron chi connectivity index (χ1n) is 12.3. The lowest BCUT2D eigenvalue weighted by Gasteiger charge is -2.20. The molecule has 0 bridgehead atoms. The molecule has 12 heteroatoms. The number of aliphatic hydroxyl groups is 1. The number of H-pyrrole nitrogens is 2. The second kappa shape index (κ2) is 12.2. The van der Waals surface area contributed by atoms with E-state index in [9.17, 15) is 29.4 Å². The molecule has 39 heavy (non-hydrogen) atoms. The van der Waals surface area contributed by atoms with Crippen molar-refractivity contribution in [1.82, 2.24) is 25.9 Å². The monoisotopic (exact) mass is 534 g/mol. The van der Waals surface area contributed by atoms with E-state index in [0.29, 0.717) is 5.56 Å². The van der Waals surface area contributed by atoms with Gasteiger partial charge in [0.2, 0.25) is 17.7 Å². The third kappa shape index (κ3) is 6.61. The number of carbonyl (C=O) groups excluding carboxylic acids is 3. The van der Waals surface area contributed by atoms with Crippen LogP contribution in [0.25, 0.3) is 21.8 Å². The molecule has 0 aliphatic carbocycles. The number of carbonyl (C=O) groups is 4. The summed E-state index contributed by atoms with van der Waals surface area (Å²) in [5.41, 5.74) is 9.30. The van der Waals surface area contributed by atoms with E-state index in [1.807, 2.05) is 48.5 Å². The van der Waals surface area contributed by atoms with Crippen molar-refractivity contribution in [3.05, 3.63) is 72.1 Å². The van der Waals surface area contributed by atoms with Crippen LogP contribution in [0, 0.1) is 0 Å². The topological polar surface area (TPSA) is 202 Å². The number of rotatable bonds is 12. The van der Waals surface area contributed by atoms with Gasteiger partial charge in [-0.15, -0.1) is 0 Å². The fraction of sp³-hybridized carbons (Fsp3) is 0.259. The first kappa shape index (κ1) is 27.4. The Labute approximate surface area is 223 Å². The Balaban J connectivity index is 1.28. The van der Waals surface area contributed by atoms with Crippen LogP contribution in [0.1, 0.15) is 11.1 Å². The summed E-state index contributed by atoms with van der Waals surface area (Å²) in [7, 11) is 0. The van der Waals surface area contributed by atoms with Crippen LogP contribution in [-0.4, -0.2) is 75.1 Å². The molecule has 2 aromatic carbocycles. The van der Waals surface area contributed by atoms with Crippen molar-refractivity contribution < 1.29 is 29.4 Å². The number of nitrogens with two attached hydrogens (primary N) is 1. The molecule has 3 unspecified atom stereocenters. The molecule has 3 amide bonds. The van der Waals surface area contributed by atoms with Gasteiger partial charge in [-0.2, -0.15) is 0 Å². The zero-order valence-corrected chi connectivity index (χ0v) is 20.9. The number of fused-ring (bicyclic) bond motifs is 2. The summed E-state index contributed by atoms with van der Waals surface area (Å²) in [5.74, 6) is -3.46. The molecule has 0 aliphatic rings. The van der Waals surface area contributed by atoms with E-state index in [1.54, 1.807) is 12.4 Å². The fourth-order valence-corrected chi connectivity index (χ4v) is 4.36. The second-order valence-corrected chi connectivity index (χ2v) is 9.15. The third-order valence-electron chi connectivity index (χ3n) is 6.42. The molecule has 2 heterocycles. The summed E-state index contributed by atoms with van der Waals surface area (Å²) in [4.78, 5) is 55.5. The van der Waals surface area contributed by atoms with Crippen molar-refractivity contribution in [1.29, 1.82) is 0 Å². The Bertz CT molecular complexity index is 1490. The molecule has 0 saturated heterocycles. The van der Waals surface area contributed by atoms with Gasteiger partial charge in [-0.05, 0) is 29.7 Å². The Morgan fingerprint density at radius 3 is 1.92 bits per heavy atom. The van der Waals surface area contributed by atoms with E-state index in [1.165, 1.54) is 0 Å². The van der Waals surface area contributed by atoms with E-state index >= 15 is 0 Å². The molecule has 0 aliphatic heterocycles. The number of amides is 3. The minimum atomic E-state index is -1.42. The van der Waals surface area contributed by atoms with Crippen LogP contribution in [0.3, 0.4) is 0 Å². The molecule has 204 valence electrons. The predicted octanol–water partition coefficient (Wildman–Crippen LogP) is -0.0756. The first-order chi connectivity index (χ1) is 18.8. The Morgan fingerprint density at radius 1 is 0.795 bits per heavy atom. The molecule has 0 spiro atoms. The van der Waals surface area contributed by atoms with Gasteiger partial charge in [-0.3, -0.25) is 14.4 Å². The van der Waals surface area contributed by atoms with Crippen LogP contribution in [0.15, 0.2) is 60.9 Å². The zero-order chi connectivity index (χ0) is 27.9. The average Bonchev–Trinajstić information content (AvgIpc) is 3.54. The molecular formula is C27H30N6O6. The number of aliphatic hydroxyl groups excluding tert-OH is 1. The first-order valence-corrected chi connectivity index (χ1v) is 12.3. The standard InChI is InChI=1S/C27H30N6O6/c28-19(9-15-11-29-20-7-3-1-5-17(15)20)25(36)31-13-24(35)32-23(14-34)26(37)33-22(27(38)39)10-16-12-30-21-8-4-2-6-18(16)21/h1-8,11-12,19,22-23,29-30,34H,9-10,13-14,28H2,(H,31,36)(H,32,35)(H,33,37)(H,38,39). The number of hydrogen-bond donors (Lipinski definition) is 8. The lowest BCUT2D eigenvalue weighted by atomic mass is 10.0. The van der Waals surface area contributed by atoms with Crippen LogP contribution in [0.2, 0.25) is 0 Å². The smallest absolute Gasteiger partial charge is 0.326 e. The highest BCUT2D eigenvalue weighted by atomic mass is 16.4. The molecule has 0 fully saturated rings. The summed E-state index contributed by atoms with van der Waals surface area (Å²) >= 11 is 0. The number of carboxylic acid groups (broad SMARTS) is 1. The van der Waals surface area contributed by atoms with Gasteiger partial charge in [-0.1, -0.05) is 36.4 Å². The number of nitrogens with one attached hydrogen (secondary N) is 5. The van der Waals surface area contributed by atoms with Crippen molar-refractivity contribution in [2.75, 3.05) is 13.2 Å². The number of benzene rings is 2. The molecule has 4 rings (SSSR count). The molecule has 2 aromatic heterocycles. The van der Waals surface area contributed by atoms with Gasteiger partial charge in [0.1, 0.15) is 12.1 Å². The molecular weight excluding hydrogens is 504 g/mol. The third-order valence-corrected chi connectivity index (χ3v) is 6.42. The van der Waals surface area contributed by atoms with Crippen molar-refractivity contribution in [2.45, 2.75) is 31.0 Å². The molecule has 4 aromatic rings. The maximum atomic E-state index is 12.7. The Morgan fingerprint density at radius 2 is 1.36 bits per heavy atom. The number of aromatic amines is 2. The minimum Gasteiger partial charge on any atom is -0.480 e. The largest absolute Gasteiger partial charge is 0.480 e. The maximum Gasteiger partial charge on any atom is 0.326 e. The van der Waals surface area contributed by atoms with E-state index in [4.69, 9.17) is 5.73 Å². The van der Waals surface area contributed by atoms with Crippen molar-refractivity contribution in [3.8, 4) is 0 Å². The van der Waals surface area contributed by atoms with E-state index < -0.39 is 55.0 Å². The van der Waals surface area contributed by atoms with Crippen LogP contribution in [0.4, 0.5) is 0 Å². The van der Waals surface area contributed by atoms with Crippen molar-refractivity contribution >= 4 is 45.5 Å². The minimum absolute atomic E-state index is 0.0123. The molecule has 0 saturated carbocycles. The van der Waals surface area contributed by atoms with Gasteiger partial charge in [0.15, 0.2) is 0 Å². The number of aromatic nitrogens is 2. The molecule has 9 N–H and O–H groups in total. The molecule has 0 radical (unpaired) electrons. The van der Waals surface area contributed by atoms with Gasteiger partial charge < -0.3 is 41.9 Å². The van der Waals surface area contributed by atoms with E-state index in [-0.39, 0.29) is 12.8 Å². The zero-order valence-electron chi connectivity index (χ0n) is 20.9. The number of hydrogen-bond acceptors (Lipinski definition) is 6. The van der Waals surface area contributed by atoms with Crippen molar-refractivity contribution in [2.24, 2.45) is 5.73 Å². The van der Waals surface area contributed by atoms with Crippen LogP contribution < -0.4 is 21.7 Å². The highest BCUT2D eigenvalue weighted by molar-refractivity contribution is 5.93. The summed E-state index contributed by atoms with van der Waals surface area (Å²) in [5, 5.41) is 28.1. The van der Waals surface area contributed by atoms with E-state index in [2.05, 4.69) is 25.9 Å². The average molecular weight is 535 g/mol.